The van der Waals surface area contributed by atoms with Crippen LogP contribution in [0.4, 0.5) is 0 Å². The molecule has 2 aromatic rings. The van der Waals surface area contributed by atoms with Crippen LogP contribution in [0.3, 0.4) is 0 Å². The molecule has 0 amide bonds. The van der Waals surface area contributed by atoms with Gasteiger partial charge >= 0.3 is 0 Å². The molecule has 4 rings (SSSR count). The van der Waals surface area contributed by atoms with Crippen LogP contribution in [0.2, 0.25) is 0 Å². The van der Waals surface area contributed by atoms with Gasteiger partial charge in [0.25, 0.3) is 0 Å². The van der Waals surface area contributed by atoms with Crippen molar-refractivity contribution in [2.75, 3.05) is 6.61 Å². The zero-order valence-electron chi connectivity index (χ0n) is 19.9. The Bertz CT molecular complexity index is 837. The lowest BCUT2D eigenvalue weighted by molar-refractivity contribution is -0.134. The molecule has 2 fully saturated rings. The van der Waals surface area contributed by atoms with Crippen molar-refractivity contribution in [1.82, 2.24) is 0 Å². The number of ketones is 1. The van der Waals surface area contributed by atoms with Crippen molar-refractivity contribution >= 4 is 5.78 Å². The molecule has 4 heteroatoms. The van der Waals surface area contributed by atoms with E-state index in [0.29, 0.717) is 44.4 Å². The van der Waals surface area contributed by atoms with Gasteiger partial charge < -0.3 is 14.2 Å². The van der Waals surface area contributed by atoms with E-state index in [4.69, 9.17) is 14.2 Å². The molecule has 2 unspecified atom stereocenters. The Labute approximate surface area is 198 Å². The summed E-state index contributed by atoms with van der Waals surface area (Å²) in [7, 11) is 0. The normalized spacial score (nSPS) is 26.8. The monoisotopic (exact) mass is 450 g/mol. The van der Waals surface area contributed by atoms with Crippen LogP contribution in [0, 0.1) is 11.8 Å². The molecule has 1 heterocycles. The smallest absolute Gasteiger partial charge is 0.135 e. The maximum Gasteiger partial charge on any atom is 0.135 e. The minimum Gasteiger partial charge on any atom is -0.377 e. The first-order valence-electron chi connectivity index (χ1n) is 12.7. The van der Waals surface area contributed by atoms with Crippen molar-refractivity contribution in [3.8, 4) is 0 Å². The zero-order chi connectivity index (χ0) is 22.9. The molecule has 0 spiro atoms. The molecule has 4 nitrogen and oxygen atoms in total. The summed E-state index contributed by atoms with van der Waals surface area (Å²) in [6.45, 7) is 4.06. The Balaban J connectivity index is 1.43. The van der Waals surface area contributed by atoms with Crippen LogP contribution >= 0.6 is 0 Å². The number of ether oxygens (including phenoxy) is 3. The summed E-state index contributed by atoms with van der Waals surface area (Å²) >= 11 is 0. The van der Waals surface area contributed by atoms with E-state index in [0.717, 1.165) is 32.1 Å². The Morgan fingerprint density at radius 1 is 0.909 bits per heavy atom. The average Bonchev–Trinajstić information content (AvgIpc) is 3.21. The van der Waals surface area contributed by atoms with Gasteiger partial charge in [-0.25, -0.2) is 0 Å². The van der Waals surface area contributed by atoms with Gasteiger partial charge in [-0.3, -0.25) is 4.79 Å². The first-order chi connectivity index (χ1) is 16.2. The van der Waals surface area contributed by atoms with Gasteiger partial charge in [-0.05, 0) is 29.9 Å². The van der Waals surface area contributed by atoms with Gasteiger partial charge in [0.15, 0.2) is 0 Å². The van der Waals surface area contributed by atoms with Gasteiger partial charge in [0.2, 0.25) is 0 Å². The molecule has 0 bridgehead atoms. The second kappa shape index (κ2) is 12.5. The molecule has 178 valence electrons. The van der Waals surface area contributed by atoms with Crippen LogP contribution in [0.15, 0.2) is 60.7 Å². The first kappa shape index (κ1) is 24.1. The first-order valence-corrected chi connectivity index (χ1v) is 12.7. The second-order valence-electron chi connectivity index (χ2n) is 9.54. The van der Waals surface area contributed by atoms with Gasteiger partial charge in [-0.2, -0.15) is 0 Å². The molecule has 5 atom stereocenters. The van der Waals surface area contributed by atoms with E-state index in [1.54, 1.807) is 0 Å². The van der Waals surface area contributed by atoms with Crippen molar-refractivity contribution in [3.63, 3.8) is 0 Å². The third-order valence-electron chi connectivity index (χ3n) is 7.18. The summed E-state index contributed by atoms with van der Waals surface area (Å²) in [5, 5.41) is 0. The van der Waals surface area contributed by atoms with Crippen LogP contribution in [0.25, 0.3) is 0 Å². The summed E-state index contributed by atoms with van der Waals surface area (Å²) in [6, 6.07) is 20.7. The topological polar surface area (TPSA) is 44.8 Å². The highest BCUT2D eigenvalue weighted by atomic mass is 16.5. The SMILES string of the molecule is CCCCCC(=O)CC1OCC[C@@H]2[C@H]1C(OCc1ccccc1)C[C@H]2OCc1ccccc1. The van der Waals surface area contributed by atoms with Gasteiger partial charge in [-0.15, -0.1) is 0 Å². The van der Waals surface area contributed by atoms with Gasteiger partial charge in [0, 0.05) is 31.8 Å². The highest BCUT2D eigenvalue weighted by Gasteiger charge is 2.50. The van der Waals surface area contributed by atoms with Crippen LogP contribution < -0.4 is 0 Å². The number of rotatable bonds is 12. The van der Waals surface area contributed by atoms with Crippen molar-refractivity contribution in [1.29, 1.82) is 0 Å². The molecule has 0 radical (unpaired) electrons. The molecular formula is C29H38O4. The standard InChI is InChI=1S/C29H38O4/c1-2-3-6-15-24(30)18-27-29-25(16-17-31-27)26(32-20-22-11-7-4-8-12-22)19-28(29)33-21-23-13-9-5-10-14-23/h4-5,7-14,25-29H,2-3,6,15-21H2,1H3/t25-,26+,27?,28?,29+/m0/s1. The second-order valence-corrected chi connectivity index (χ2v) is 9.54. The lowest BCUT2D eigenvalue weighted by Crippen LogP contribution is -2.42. The van der Waals surface area contributed by atoms with Gasteiger partial charge in [0.1, 0.15) is 5.78 Å². The number of hydrogen-bond donors (Lipinski definition) is 0. The number of hydrogen-bond acceptors (Lipinski definition) is 4. The predicted molar refractivity (Wildman–Crippen MR) is 130 cm³/mol. The van der Waals surface area contributed by atoms with Crippen LogP contribution in [0.1, 0.15) is 63.0 Å². The lowest BCUT2D eigenvalue weighted by Gasteiger charge is -2.37. The molecule has 2 aromatic carbocycles. The third kappa shape index (κ3) is 6.75. The van der Waals surface area contributed by atoms with Crippen molar-refractivity contribution in [3.05, 3.63) is 71.8 Å². The van der Waals surface area contributed by atoms with E-state index in [2.05, 4.69) is 43.3 Å². The highest BCUT2D eigenvalue weighted by molar-refractivity contribution is 5.78. The van der Waals surface area contributed by atoms with E-state index in [-0.39, 0.29) is 24.2 Å². The number of carbonyl (C=O) groups is 1. The number of fused-ring (bicyclic) bond motifs is 1. The summed E-state index contributed by atoms with van der Waals surface area (Å²) < 4.78 is 19.1. The van der Waals surface area contributed by atoms with E-state index < -0.39 is 0 Å². The Hall–Kier alpha value is -2.01. The Morgan fingerprint density at radius 3 is 2.18 bits per heavy atom. The highest BCUT2D eigenvalue weighted by Crippen LogP contribution is 2.45. The molecular weight excluding hydrogens is 412 g/mol. The fourth-order valence-electron chi connectivity index (χ4n) is 5.46. The van der Waals surface area contributed by atoms with Gasteiger partial charge in [-0.1, -0.05) is 80.4 Å². The predicted octanol–water partition coefficient (Wildman–Crippen LogP) is 6.12. The molecule has 33 heavy (non-hydrogen) atoms. The third-order valence-corrected chi connectivity index (χ3v) is 7.18. The van der Waals surface area contributed by atoms with Crippen LogP contribution in [0.5, 0.6) is 0 Å². The molecule has 1 saturated carbocycles. The van der Waals surface area contributed by atoms with Crippen molar-refractivity contribution < 1.29 is 19.0 Å². The molecule has 1 saturated heterocycles. The minimum atomic E-state index is -0.0658. The fraction of sp³-hybridized carbons (Fsp3) is 0.552. The van der Waals surface area contributed by atoms with E-state index in [9.17, 15) is 4.79 Å². The minimum absolute atomic E-state index is 0.0460. The van der Waals surface area contributed by atoms with Gasteiger partial charge in [0.05, 0.1) is 31.5 Å². The Kier molecular flexibility index (Phi) is 9.10. The van der Waals surface area contributed by atoms with E-state index in [1.807, 2.05) is 24.3 Å². The number of carbonyl (C=O) groups excluding carboxylic acids is 1. The Morgan fingerprint density at radius 2 is 1.55 bits per heavy atom. The molecule has 2 aliphatic rings. The number of unbranched alkanes of at least 4 members (excludes halogenated alkanes) is 2. The lowest BCUT2D eigenvalue weighted by atomic mass is 9.82. The van der Waals surface area contributed by atoms with Crippen molar-refractivity contribution in [2.45, 2.75) is 83.4 Å². The largest absolute Gasteiger partial charge is 0.377 e. The average molecular weight is 451 g/mol. The summed E-state index contributed by atoms with van der Waals surface area (Å²) in [5.74, 6) is 0.902. The maximum absolute atomic E-state index is 12.7. The fourth-order valence-corrected chi connectivity index (χ4v) is 5.46. The maximum atomic E-state index is 12.7. The van der Waals surface area contributed by atoms with Crippen LogP contribution in [-0.2, 0) is 32.2 Å². The van der Waals surface area contributed by atoms with E-state index in [1.165, 1.54) is 11.1 Å². The molecule has 0 N–H and O–H groups in total. The van der Waals surface area contributed by atoms with E-state index >= 15 is 0 Å². The van der Waals surface area contributed by atoms with Crippen LogP contribution in [-0.4, -0.2) is 30.7 Å². The van der Waals surface area contributed by atoms with Crippen molar-refractivity contribution in [2.24, 2.45) is 11.8 Å². The quantitative estimate of drug-likeness (QED) is 0.365. The summed E-state index contributed by atoms with van der Waals surface area (Å²) in [6.07, 6.45) is 6.33. The molecule has 0 aromatic heterocycles. The number of benzene rings is 2. The summed E-state index contributed by atoms with van der Waals surface area (Å²) in [4.78, 5) is 12.7. The molecule has 1 aliphatic heterocycles. The summed E-state index contributed by atoms with van der Waals surface area (Å²) in [5.41, 5.74) is 2.36. The number of Topliss-reactive ketones (excluding diaryl/α,β-unsaturated/α-hetero) is 1. The molecule has 1 aliphatic carbocycles. The zero-order valence-corrected chi connectivity index (χ0v) is 19.9.